The summed E-state index contributed by atoms with van der Waals surface area (Å²) in [4.78, 5) is 19.6. The second-order valence-corrected chi connectivity index (χ2v) is 6.61. The lowest BCUT2D eigenvalue weighted by Gasteiger charge is -2.07. The first-order chi connectivity index (χ1) is 11.6. The van der Waals surface area contributed by atoms with Crippen molar-refractivity contribution in [3.05, 3.63) is 46.4 Å². The van der Waals surface area contributed by atoms with Crippen molar-refractivity contribution < 1.29 is 9.53 Å². The van der Waals surface area contributed by atoms with Gasteiger partial charge in [0.15, 0.2) is 5.16 Å². The van der Waals surface area contributed by atoms with Crippen molar-refractivity contribution >= 4 is 57.6 Å². The van der Waals surface area contributed by atoms with Crippen molar-refractivity contribution in [2.45, 2.75) is 5.16 Å². The van der Waals surface area contributed by atoms with E-state index in [1.807, 2.05) is 18.2 Å². The molecule has 0 saturated heterocycles. The third kappa shape index (κ3) is 3.77. The molecule has 0 spiro atoms. The zero-order valence-electron chi connectivity index (χ0n) is 12.6. The minimum Gasteiger partial charge on any atom is -0.497 e. The number of rotatable bonds is 5. The van der Waals surface area contributed by atoms with Gasteiger partial charge in [-0.25, -0.2) is 4.98 Å². The summed E-state index contributed by atoms with van der Waals surface area (Å²) in [7, 11) is 1.61. The molecule has 1 amide bonds. The van der Waals surface area contributed by atoms with Crippen LogP contribution in [0.3, 0.4) is 0 Å². The molecule has 2 aromatic carbocycles. The van der Waals surface area contributed by atoms with Crippen molar-refractivity contribution in [3.8, 4) is 5.75 Å². The SMILES string of the molecule is COc1ccc2nc(SCC(=O)Nc3cccc(Cl)c3Cl)[nH]c2c1. The average Bonchev–Trinajstić information content (AvgIpc) is 2.99. The van der Waals surface area contributed by atoms with Crippen LogP contribution in [0.15, 0.2) is 41.6 Å². The molecule has 1 aromatic heterocycles. The van der Waals surface area contributed by atoms with E-state index in [1.165, 1.54) is 11.8 Å². The molecule has 2 N–H and O–H groups in total. The Morgan fingerprint density at radius 3 is 2.96 bits per heavy atom. The summed E-state index contributed by atoms with van der Waals surface area (Å²) in [5.74, 6) is 0.748. The van der Waals surface area contributed by atoms with Crippen molar-refractivity contribution in [2.24, 2.45) is 0 Å². The van der Waals surface area contributed by atoms with Crippen LogP contribution < -0.4 is 10.1 Å². The lowest BCUT2D eigenvalue weighted by atomic mass is 10.3. The number of thioether (sulfide) groups is 1. The number of anilines is 1. The predicted octanol–water partition coefficient (Wildman–Crippen LogP) is 4.61. The zero-order valence-corrected chi connectivity index (χ0v) is 14.9. The molecule has 0 radical (unpaired) electrons. The van der Waals surface area contributed by atoms with Gasteiger partial charge in [0, 0.05) is 6.07 Å². The van der Waals surface area contributed by atoms with Gasteiger partial charge in [0.1, 0.15) is 5.75 Å². The van der Waals surface area contributed by atoms with Crippen LogP contribution in [-0.4, -0.2) is 28.7 Å². The third-order valence-electron chi connectivity index (χ3n) is 3.23. The highest BCUT2D eigenvalue weighted by molar-refractivity contribution is 7.99. The topological polar surface area (TPSA) is 67.0 Å². The highest BCUT2D eigenvalue weighted by atomic mass is 35.5. The van der Waals surface area contributed by atoms with E-state index in [9.17, 15) is 4.79 Å². The van der Waals surface area contributed by atoms with Gasteiger partial charge >= 0.3 is 0 Å². The number of imidazole rings is 1. The molecule has 0 aliphatic carbocycles. The molecular weight excluding hydrogens is 369 g/mol. The molecular formula is C16H13Cl2N3O2S. The second kappa shape index (κ2) is 7.34. The van der Waals surface area contributed by atoms with E-state index in [-0.39, 0.29) is 11.7 Å². The molecule has 0 fully saturated rings. The maximum Gasteiger partial charge on any atom is 0.234 e. The number of aromatic nitrogens is 2. The normalized spacial score (nSPS) is 10.8. The van der Waals surface area contributed by atoms with Crippen LogP contribution in [0.25, 0.3) is 11.0 Å². The van der Waals surface area contributed by atoms with Crippen molar-refractivity contribution in [1.82, 2.24) is 9.97 Å². The Bertz CT molecular complexity index is 898. The lowest BCUT2D eigenvalue weighted by Crippen LogP contribution is -2.14. The van der Waals surface area contributed by atoms with Gasteiger partial charge in [0.2, 0.25) is 5.91 Å². The Morgan fingerprint density at radius 1 is 1.33 bits per heavy atom. The zero-order chi connectivity index (χ0) is 17.1. The van der Waals surface area contributed by atoms with E-state index < -0.39 is 0 Å². The summed E-state index contributed by atoms with van der Waals surface area (Å²) >= 11 is 13.3. The van der Waals surface area contributed by atoms with Gasteiger partial charge in [0.25, 0.3) is 0 Å². The number of H-pyrrole nitrogens is 1. The van der Waals surface area contributed by atoms with Gasteiger partial charge in [-0.2, -0.15) is 0 Å². The number of carbonyl (C=O) groups excluding carboxylic acids is 1. The fourth-order valence-electron chi connectivity index (χ4n) is 2.08. The highest BCUT2D eigenvalue weighted by Gasteiger charge is 2.11. The summed E-state index contributed by atoms with van der Waals surface area (Å²) in [5.41, 5.74) is 2.16. The Labute approximate surface area is 152 Å². The van der Waals surface area contributed by atoms with Crippen molar-refractivity contribution in [3.63, 3.8) is 0 Å². The van der Waals surface area contributed by atoms with Crippen LogP contribution in [0.5, 0.6) is 5.75 Å². The molecule has 124 valence electrons. The number of amides is 1. The first-order valence-electron chi connectivity index (χ1n) is 6.97. The maximum atomic E-state index is 12.1. The van der Waals surface area contributed by atoms with Gasteiger partial charge in [0.05, 0.1) is 39.6 Å². The monoisotopic (exact) mass is 381 g/mol. The van der Waals surface area contributed by atoms with Crippen LogP contribution in [0.4, 0.5) is 5.69 Å². The third-order valence-corrected chi connectivity index (χ3v) is 4.93. The Morgan fingerprint density at radius 2 is 2.17 bits per heavy atom. The minimum atomic E-state index is -0.192. The number of carbonyl (C=O) groups is 1. The molecule has 0 atom stereocenters. The number of nitrogens with one attached hydrogen (secondary N) is 2. The van der Waals surface area contributed by atoms with Crippen molar-refractivity contribution in [1.29, 1.82) is 0 Å². The van der Waals surface area contributed by atoms with Gasteiger partial charge in [-0.15, -0.1) is 0 Å². The minimum absolute atomic E-state index is 0.192. The molecule has 24 heavy (non-hydrogen) atoms. The number of fused-ring (bicyclic) bond motifs is 1. The molecule has 0 unspecified atom stereocenters. The number of halogens is 2. The van der Waals surface area contributed by atoms with Crippen LogP contribution in [0.1, 0.15) is 0 Å². The number of hydrogen-bond donors (Lipinski definition) is 2. The quantitative estimate of drug-likeness (QED) is 0.633. The molecule has 0 bridgehead atoms. The Balaban J connectivity index is 1.64. The molecule has 5 nitrogen and oxygen atoms in total. The molecule has 0 aliphatic heterocycles. The van der Waals surface area contributed by atoms with Crippen LogP contribution in [-0.2, 0) is 4.79 Å². The number of methoxy groups -OCH3 is 1. The van der Waals surface area contributed by atoms with Gasteiger partial charge in [-0.05, 0) is 24.3 Å². The lowest BCUT2D eigenvalue weighted by molar-refractivity contribution is -0.113. The second-order valence-electron chi connectivity index (χ2n) is 4.86. The molecule has 0 aliphatic rings. The van der Waals surface area contributed by atoms with Gasteiger partial charge in [-0.1, -0.05) is 41.0 Å². The smallest absolute Gasteiger partial charge is 0.234 e. The summed E-state index contributed by atoms with van der Waals surface area (Å²) < 4.78 is 5.17. The van der Waals surface area contributed by atoms with E-state index in [1.54, 1.807) is 25.3 Å². The van der Waals surface area contributed by atoms with Gasteiger partial charge < -0.3 is 15.0 Å². The van der Waals surface area contributed by atoms with E-state index in [0.29, 0.717) is 20.9 Å². The summed E-state index contributed by atoms with van der Waals surface area (Å²) in [6, 6.07) is 10.6. The van der Waals surface area contributed by atoms with Crippen LogP contribution in [0, 0.1) is 0 Å². The fraction of sp³-hybridized carbons (Fsp3) is 0.125. The number of aromatic amines is 1. The molecule has 1 heterocycles. The summed E-state index contributed by atoms with van der Waals surface area (Å²) in [6.45, 7) is 0. The highest BCUT2D eigenvalue weighted by Crippen LogP contribution is 2.30. The standard InChI is InChI=1S/C16H13Cl2N3O2S/c1-23-9-5-6-11-13(7-9)21-16(20-11)24-8-14(22)19-12-4-2-3-10(17)15(12)18/h2-7H,8H2,1H3,(H,19,22)(H,20,21). The molecule has 3 aromatic rings. The number of benzene rings is 2. The number of nitrogens with zero attached hydrogens (tertiary/aromatic N) is 1. The Hall–Kier alpha value is -1.89. The molecule has 8 heteroatoms. The van der Waals surface area contributed by atoms with Gasteiger partial charge in [-0.3, -0.25) is 4.79 Å². The number of hydrogen-bond acceptors (Lipinski definition) is 4. The van der Waals surface area contributed by atoms with E-state index in [0.717, 1.165) is 16.8 Å². The summed E-state index contributed by atoms with van der Waals surface area (Å²) in [6.07, 6.45) is 0. The fourth-order valence-corrected chi connectivity index (χ4v) is 3.11. The maximum absolute atomic E-state index is 12.1. The first-order valence-corrected chi connectivity index (χ1v) is 8.71. The first kappa shape index (κ1) is 17.0. The average molecular weight is 382 g/mol. The van der Waals surface area contributed by atoms with Crippen LogP contribution >= 0.6 is 35.0 Å². The van der Waals surface area contributed by atoms with E-state index in [4.69, 9.17) is 27.9 Å². The van der Waals surface area contributed by atoms with E-state index >= 15 is 0 Å². The molecule has 3 rings (SSSR count). The molecule has 0 saturated carbocycles. The summed E-state index contributed by atoms with van der Waals surface area (Å²) in [5, 5.41) is 4.12. The Kier molecular flexibility index (Phi) is 5.18. The largest absolute Gasteiger partial charge is 0.497 e. The van der Waals surface area contributed by atoms with Crippen LogP contribution in [0.2, 0.25) is 10.0 Å². The van der Waals surface area contributed by atoms with Crippen molar-refractivity contribution in [2.75, 3.05) is 18.2 Å². The number of ether oxygens (including phenoxy) is 1. The van der Waals surface area contributed by atoms with E-state index in [2.05, 4.69) is 15.3 Å². The predicted molar refractivity (Wildman–Crippen MR) is 98.5 cm³/mol.